The molecule has 2 N–H and O–H groups in total. The molecule has 21 heavy (non-hydrogen) atoms. The van der Waals surface area contributed by atoms with E-state index < -0.39 is 0 Å². The van der Waals surface area contributed by atoms with Crippen LogP contribution in [0.2, 0.25) is 0 Å². The quantitative estimate of drug-likeness (QED) is 0.886. The van der Waals surface area contributed by atoms with Gasteiger partial charge in [0, 0.05) is 44.0 Å². The summed E-state index contributed by atoms with van der Waals surface area (Å²) in [5.41, 5.74) is 5.39. The Labute approximate surface area is 125 Å². The lowest BCUT2D eigenvalue weighted by Gasteiger charge is -2.11. The number of nitrogens with one attached hydrogen (secondary N) is 2. The second-order valence-electron chi connectivity index (χ2n) is 5.21. The van der Waals surface area contributed by atoms with Gasteiger partial charge in [-0.25, -0.2) is 0 Å². The number of hydrogen-bond acceptors (Lipinski definition) is 3. The second-order valence-corrected chi connectivity index (χ2v) is 5.21. The maximum atomic E-state index is 11.2. The Balaban J connectivity index is 2.02. The standard InChI is InChI=1S/C16H22N4O/c1-11-15(12(2)20(4)19-11)10-17-9-14-7-5-6-8-16(14)18-13(3)21/h5-8,17H,9-10H2,1-4H3,(H,18,21). The highest BCUT2D eigenvalue weighted by Crippen LogP contribution is 2.16. The molecular weight excluding hydrogens is 264 g/mol. The predicted octanol–water partition coefficient (Wildman–Crippen LogP) is 2.29. The largest absolute Gasteiger partial charge is 0.326 e. The molecule has 0 radical (unpaired) electrons. The number of nitrogens with zero attached hydrogens (tertiary/aromatic N) is 2. The molecule has 2 rings (SSSR count). The summed E-state index contributed by atoms with van der Waals surface area (Å²) in [6.07, 6.45) is 0. The molecule has 2 aromatic rings. The van der Waals surface area contributed by atoms with Gasteiger partial charge >= 0.3 is 0 Å². The van der Waals surface area contributed by atoms with Crippen molar-refractivity contribution in [1.29, 1.82) is 0 Å². The van der Waals surface area contributed by atoms with Gasteiger partial charge in [0.25, 0.3) is 0 Å². The van der Waals surface area contributed by atoms with E-state index in [0.29, 0.717) is 6.54 Å². The zero-order valence-electron chi connectivity index (χ0n) is 13.0. The minimum absolute atomic E-state index is 0.0543. The van der Waals surface area contributed by atoms with Crippen LogP contribution >= 0.6 is 0 Å². The SMILES string of the molecule is CC(=O)Nc1ccccc1CNCc1c(C)nn(C)c1C. The van der Waals surface area contributed by atoms with E-state index in [9.17, 15) is 4.79 Å². The Morgan fingerprint density at radius 3 is 2.57 bits per heavy atom. The van der Waals surface area contributed by atoms with Crippen LogP contribution in [0.4, 0.5) is 5.69 Å². The Hall–Kier alpha value is -2.14. The average Bonchev–Trinajstić information content (AvgIpc) is 2.66. The third-order valence-electron chi connectivity index (χ3n) is 3.60. The first-order chi connectivity index (χ1) is 9.99. The number of amides is 1. The van der Waals surface area contributed by atoms with Gasteiger partial charge < -0.3 is 10.6 Å². The third kappa shape index (κ3) is 3.70. The molecule has 1 aromatic carbocycles. The summed E-state index contributed by atoms with van der Waals surface area (Å²) < 4.78 is 1.90. The maximum Gasteiger partial charge on any atom is 0.221 e. The molecule has 112 valence electrons. The number of aromatic nitrogens is 2. The van der Waals surface area contributed by atoms with Crippen LogP contribution in [0.3, 0.4) is 0 Å². The number of benzene rings is 1. The average molecular weight is 286 g/mol. The van der Waals surface area contributed by atoms with E-state index in [1.165, 1.54) is 18.2 Å². The lowest BCUT2D eigenvalue weighted by molar-refractivity contribution is -0.114. The first-order valence-corrected chi connectivity index (χ1v) is 7.04. The smallest absolute Gasteiger partial charge is 0.221 e. The topological polar surface area (TPSA) is 59.0 Å². The number of para-hydroxylation sites is 1. The van der Waals surface area contributed by atoms with Crippen molar-refractivity contribution in [3.8, 4) is 0 Å². The first kappa shape index (κ1) is 15.3. The molecule has 0 spiro atoms. The summed E-state index contributed by atoms with van der Waals surface area (Å²) in [6, 6.07) is 7.83. The zero-order chi connectivity index (χ0) is 15.4. The van der Waals surface area contributed by atoms with Crippen LogP contribution in [0, 0.1) is 13.8 Å². The molecule has 0 saturated heterocycles. The lowest BCUT2D eigenvalue weighted by atomic mass is 10.1. The van der Waals surface area contributed by atoms with Crippen LogP contribution in [-0.2, 0) is 24.9 Å². The van der Waals surface area contributed by atoms with Crippen molar-refractivity contribution >= 4 is 11.6 Å². The van der Waals surface area contributed by atoms with Crippen LogP contribution < -0.4 is 10.6 Å². The minimum atomic E-state index is -0.0543. The van der Waals surface area contributed by atoms with Gasteiger partial charge in [-0.1, -0.05) is 18.2 Å². The van der Waals surface area contributed by atoms with Crippen molar-refractivity contribution in [1.82, 2.24) is 15.1 Å². The number of hydrogen-bond donors (Lipinski definition) is 2. The molecule has 1 heterocycles. The van der Waals surface area contributed by atoms with E-state index in [-0.39, 0.29) is 5.91 Å². The molecular formula is C16H22N4O. The van der Waals surface area contributed by atoms with E-state index >= 15 is 0 Å². The van der Waals surface area contributed by atoms with Crippen LogP contribution in [0.5, 0.6) is 0 Å². The number of anilines is 1. The fraction of sp³-hybridized carbons (Fsp3) is 0.375. The van der Waals surface area contributed by atoms with Crippen LogP contribution in [-0.4, -0.2) is 15.7 Å². The summed E-state index contributed by atoms with van der Waals surface area (Å²) in [4.78, 5) is 11.2. The van der Waals surface area contributed by atoms with Crippen LogP contribution in [0.15, 0.2) is 24.3 Å². The van der Waals surface area contributed by atoms with Gasteiger partial charge in [-0.3, -0.25) is 9.48 Å². The van der Waals surface area contributed by atoms with Crippen molar-refractivity contribution in [2.75, 3.05) is 5.32 Å². The molecule has 0 unspecified atom stereocenters. The third-order valence-corrected chi connectivity index (χ3v) is 3.60. The summed E-state index contributed by atoms with van der Waals surface area (Å²) in [7, 11) is 1.96. The molecule has 0 aliphatic carbocycles. The highest BCUT2D eigenvalue weighted by atomic mass is 16.1. The molecule has 5 heteroatoms. The summed E-state index contributed by atoms with van der Waals surface area (Å²) in [6.45, 7) is 7.08. The van der Waals surface area contributed by atoms with Crippen molar-refractivity contribution in [3.05, 3.63) is 46.8 Å². The van der Waals surface area contributed by atoms with E-state index in [1.54, 1.807) is 0 Å². The molecule has 0 aliphatic rings. The molecule has 0 saturated carbocycles. The summed E-state index contributed by atoms with van der Waals surface area (Å²) in [5, 5.41) is 10.7. The van der Waals surface area contributed by atoms with Crippen molar-refractivity contribution in [2.24, 2.45) is 7.05 Å². The van der Waals surface area contributed by atoms with Gasteiger partial charge in [-0.05, 0) is 25.5 Å². The monoisotopic (exact) mass is 286 g/mol. The maximum absolute atomic E-state index is 11.2. The van der Waals surface area contributed by atoms with Gasteiger partial charge in [0.1, 0.15) is 0 Å². The number of rotatable bonds is 5. The van der Waals surface area contributed by atoms with Gasteiger partial charge in [0.15, 0.2) is 0 Å². The normalized spacial score (nSPS) is 10.7. The molecule has 1 aromatic heterocycles. The van der Waals surface area contributed by atoms with E-state index in [4.69, 9.17) is 0 Å². The molecule has 0 aliphatic heterocycles. The Bertz CT molecular complexity index is 646. The Kier molecular flexibility index (Phi) is 4.75. The highest BCUT2D eigenvalue weighted by molar-refractivity contribution is 5.89. The lowest BCUT2D eigenvalue weighted by Crippen LogP contribution is -2.16. The van der Waals surface area contributed by atoms with Gasteiger partial charge in [0.05, 0.1) is 5.69 Å². The van der Waals surface area contributed by atoms with Crippen LogP contribution in [0.1, 0.15) is 29.4 Å². The predicted molar refractivity (Wildman–Crippen MR) is 84.0 cm³/mol. The van der Waals surface area contributed by atoms with Crippen molar-refractivity contribution in [2.45, 2.75) is 33.9 Å². The zero-order valence-corrected chi connectivity index (χ0v) is 13.0. The van der Waals surface area contributed by atoms with Crippen LogP contribution in [0.25, 0.3) is 0 Å². The Morgan fingerprint density at radius 1 is 1.24 bits per heavy atom. The minimum Gasteiger partial charge on any atom is -0.326 e. The van der Waals surface area contributed by atoms with Gasteiger partial charge in [-0.15, -0.1) is 0 Å². The van der Waals surface area contributed by atoms with E-state index in [1.807, 2.05) is 42.9 Å². The Morgan fingerprint density at radius 2 is 1.95 bits per heavy atom. The second kappa shape index (κ2) is 6.54. The molecule has 0 bridgehead atoms. The fourth-order valence-corrected chi connectivity index (χ4v) is 2.38. The first-order valence-electron chi connectivity index (χ1n) is 7.04. The fourth-order valence-electron chi connectivity index (χ4n) is 2.38. The molecule has 0 fully saturated rings. The van der Waals surface area contributed by atoms with E-state index in [2.05, 4.69) is 22.7 Å². The number of aryl methyl sites for hydroxylation is 2. The van der Waals surface area contributed by atoms with Gasteiger partial charge in [0.2, 0.25) is 5.91 Å². The number of carbonyl (C=O) groups is 1. The number of carbonyl (C=O) groups excluding carboxylic acids is 1. The molecule has 5 nitrogen and oxygen atoms in total. The molecule has 0 atom stereocenters. The van der Waals surface area contributed by atoms with Gasteiger partial charge in [-0.2, -0.15) is 5.10 Å². The van der Waals surface area contributed by atoms with Crippen molar-refractivity contribution < 1.29 is 4.79 Å². The van der Waals surface area contributed by atoms with E-state index in [0.717, 1.165) is 23.5 Å². The van der Waals surface area contributed by atoms with Crippen molar-refractivity contribution in [3.63, 3.8) is 0 Å². The molecule has 1 amide bonds. The summed E-state index contributed by atoms with van der Waals surface area (Å²) >= 11 is 0. The summed E-state index contributed by atoms with van der Waals surface area (Å²) in [5.74, 6) is -0.0543. The highest BCUT2D eigenvalue weighted by Gasteiger charge is 2.09.